The molecule has 4 aromatic rings. The lowest BCUT2D eigenvalue weighted by Crippen LogP contribution is -2.44. The van der Waals surface area contributed by atoms with E-state index in [-0.39, 0.29) is 36.0 Å². The fourth-order valence-corrected chi connectivity index (χ4v) is 7.99. The van der Waals surface area contributed by atoms with Gasteiger partial charge in [0.25, 0.3) is 11.2 Å². The zero-order valence-electron chi connectivity index (χ0n) is 28.5. The highest BCUT2D eigenvalue weighted by Gasteiger charge is 2.42. The first kappa shape index (κ1) is 36.7. The van der Waals surface area contributed by atoms with Crippen LogP contribution < -0.4 is 11.2 Å². The molecule has 5 rings (SSSR count). The first-order valence-electron chi connectivity index (χ1n) is 16.0. The number of aryl methyl sites for hydroxylation is 1. The number of para-hydroxylation sites is 1. The summed E-state index contributed by atoms with van der Waals surface area (Å²) in [5, 5.41) is 12.5. The molecule has 2 aromatic carbocycles. The van der Waals surface area contributed by atoms with Crippen LogP contribution >= 0.6 is 21.6 Å². The molecule has 1 aliphatic heterocycles. The topological polar surface area (TPSA) is 128 Å². The van der Waals surface area contributed by atoms with Gasteiger partial charge in [0.15, 0.2) is 8.32 Å². The van der Waals surface area contributed by atoms with E-state index in [2.05, 4.69) is 38.8 Å². The molecule has 1 aliphatic rings. The lowest BCUT2D eigenvalue weighted by atomic mass is 10.1. The van der Waals surface area contributed by atoms with E-state index in [1.807, 2.05) is 42.5 Å². The number of pyridine rings is 1. The molecule has 14 heteroatoms. The van der Waals surface area contributed by atoms with Crippen LogP contribution in [0.2, 0.25) is 18.1 Å². The van der Waals surface area contributed by atoms with Crippen molar-refractivity contribution in [3.05, 3.63) is 127 Å². The number of benzene rings is 2. The summed E-state index contributed by atoms with van der Waals surface area (Å²) >= 11 is 0. The molecule has 1 saturated heterocycles. The normalized spacial score (nSPS) is 18.1. The predicted molar refractivity (Wildman–Crippen MR) is 195 cm³/mol. The Kier molecular flexibility index (Phi) is 11.7. The van der Waals surface area contributed by atoms with Crippen molar-refractivity contribution in [2.24, 2.45) is 0 Å². The third-order valence-corrected chi connectivity index (χ3v) is 15.8. The van der Waals surface area contributed by atoms with Gasteiger partial charge in [0.1, 0.15) is 17.4 Å². The van der Waals surface area contributed by atoms with Crippen LogP contribution in [0, 0.1) is 17.0 Å². The maximum atomic E-state index is 13.9. The molecule has 0 saturated carbocycles. The fraction of sp³-hybridized carbons (Fsp3) is 0.400. The molecule has 49 heavy (non-hydrogen) atoms. The number of nitrogens with zero attached hydrogens (tertiary/aromatic N) is 4. The molecule has 3 heterocycles. The summed E-state index contributed by atoms with van der Waals surface area (Å²) in [6.45, 7) is 12.8. The molecule has 260 valence electrons. The van der Waals surface area contributed by atoms with Crippen molar-refractivity contribution in [1.29, 1.82) is 0 Å². The lowest BCUT2D eigenvalue weighted by molar-refractivity contribution is -0.386. The second kappa shape index (κ2) is 15.6. The second-order valence-corrected chi connectivity index (χ2v) is 20.6. The molecular weight excluding hydrogens is 681 g/mol. The summed E-state index contributed by atoms with van der Waals surface area (Å²) in [5.74, 6) is 0. The minimum absolute atomic E-state index is 0.00341. The summed E-state index contributed by atoms with van der Waals surface area (Å²) in [6, 6.07) is 20.0. The summed E-state index contributed by atoms with van der Waals surface area (Å²) in [5.41, 5.74) is 0.770. The van der Waals surface area contributed by atoms with Crippen LogP contribution in [0.15, 0.2) is 98.6 Å². The Labute approximate surface area is 294 Å². The molecule has 0 unspecified atom stereocenters. The maximum absolute atomic E-state index is 13.9. The number of nitro groups is 1. The summed E-state index contributed by atoms with van der Waals surface area (Å²) in [4.78, 5) is 43.7. The minimum atomic E-state index is -2.17. The van der Waals surface area contributed by atoms with Gasteiger partial charge in [-0.25, -0.2) is 9.78 Å². The van der Waals surface area contributed by atoms with E-state index in [1.54, 1.807) is 52.9 Å². The van der Waals surface area contributed by atoms with E-state index in [0.717, 1.165) is 15.5 Å². The second-order valence-electron chi connectivity index (χ2n) is 13.5. The van der Waals surface area contributed by atoms with E-state index < -0.39 is 37.4 Å². The van der Waals surface area contributed by atoms with Crippen LogP contribution in [0.3, 0.4) is 0 Å². The molecule has 0 bridgehead atoms. The zero-order chi connectivity index (χ0) is 35.3. The Morgan fingerprint density at radius 3 is 2.43 bits per heavy atom. The average Bonchev–Trinajstić information content (AvgIpc) is 3.48. The Bertz CT molecular complexity index is 1880. The molecule has 0 spiro atoms. The van der Waals surface area contributed by atoms with Gasteiger partial charge in [-0.1, -0.05) is 61.9 Å². The van der Waals surface area contributed by atoms with Crippen molar-refractivity contribution < 1.29 is 18.8 Å². The Morgan fingerprint density at radius 1 is 1.04 bits per heavy atom. The zero-order valence-corrected chi connectivity index (χ0v) is 31.2. The van der Waals surface area contributed by atoms with E-state index in [0.29, 0.717) is 17.5 Å². The Morgan fingerprint density at radius 2 is 1.76 bits per heavy atom. The standard InChI is InChI=1S/C35H42N4O7S2Si/c1-24-20-37(34(41)38(33(24)40)21-25-14-16-27(17-15-25)47-48-31-13-9-10-18-36-31)32-19-29(30(46-32)23-45-49(5,6)35(2,3)4)44-22-26-11-7-8-12-28(26)39(42)43/h7-18,20,29-30,32H,19,21-23H2,1-6H3/t29-,30+,32+/m0/s1. The minimum Gasteiger partial charge on any atom is -0.414 e. The van der Waals surface area contributed by atoms with Crippen molar-refractivity contribution in [3.8, 4) is 0 Å². The van der Waals surface area contributed by atoms with Crippen LogP contribution in [0.4, 0.5) is 5.69 Å². The van der Waals surface area contributed by atoms with Gasteiger partial charge in [-0.2, -0.15) is 0 Å². The molecule has 11 nitrogen and oxygen atoms in total. The van der Waals surface area contributed by atoms with Crippen LogP contribution in [-0.2, 0) is 27.1 Å². The maximum Gasteiger partial charge on any atom is 0.333 e. The summed E-state index contributed by atoms with van der Waals surface area (Å²) in [6.07, 6.45) is 1.80. The van der Waals surface area contributed by atoms with Crippen molar-refractivity contribution >= 4 is 35.6 Å². The van der Waals surface area contributed by atoms with E-state index >= 15 is 0 Å². The third kappa shape index (κ3) is 8.99. The Hall–Kier alpha value is -3.53. The first-order valence-corrected chi connectivity index (χ1v) is 21.1. The van der Waals surface area contributed by atoms with Gasteiger partial charge in [-0.05, 0) is 71.7 Å². The van der Waals surface area contributed by atoms with Crippen LogP contribution in [0.25, 0.3) is 0 Å². The van der Waals surface area contributed by atoms with Gasteiger partial charge in [0, 0.05) is 35.3 Å². The van der Waals surface area contributed by atoms with E-state index in [9.17, 15) is 19.7 Å². The molecular formula is C35H42N4O7S2Si. The van der Waals surface area contributed by atoms with Gasteiger partial charge in [0.05, 0.1) is 36.3 Å². The van der Waals surface area contributed by atoms with Crippen molar-refractivity contribution in [2.45, 2.75) is 93.8 Å². The van der Waals surface area contributed by atoms with Crippen molar-refractivity contribution in [2.75, 3.05) is 6.61 Å². The lowest BCUT2D eigenvalue weighted by Gasteiger charge is -2.37. The number of hydrogen-bond donors (Lipinski definition) is 0. The largest absolute Gasteiger partial charge is 0.414 e. The third-order valence-electron chi connectivity index (χ3n) is 9.04. The van der Waals surface area contributed by atoms with Crippen LogP contribution in [0.1, 0.15) is 50.1 Å². The van der Waals surface area contributed by atoms with Crippen molar-refractivity contribution in [1.82, 2.24) is 14.1 Å². The monoisotopic (exact) mass is 722 g/mol. The SMILES string of the molecule is Cc1cn([C@H]2C[C@H](OCc3ccccc3[N+](=O)[O-])[C@@H](CO[Si](C)(C)C(C)(C)C)O2)c(=O)n(Cc2ccc(SSc3ccccn3)cc2)c1=O. The van der Waals surface area contributed by atoms with Gasteiger partial charge in [0.2, 0.25) is 0 Å². The molecule has 2 aromatic heterocycles. The molecule has 0 N–H and O–H groups in total. The number of aromatic nitrogens is 3. The van der Waals surface area contributed by atoms with Gasteiger partial charge < -0.3 is 13.9 Å². The molecule has 0 amide bonds. The van der Waals surface area contributed by atoms with Gasteiger partial charge in [-0.15, -0.1) is 0 Å². The van der Waals surface area contributed by atoms with Crippen LogP contribution in [0.5, 0.6) is 0 Å². The number of rotatable bonds is 13. The summed E-state index contributed by atoms with van der Waals surface area (Å²) < 4.78 is 22.0. The number of nitro benzene ring substituents is 1. The smallest absolute Gasteiger partial charge is 0.333 e. The number of ether oxygens (including phenoxy) is 2. The van der Waals surface area contributed by atoms with Crippen LogP contribution in [-0.4, -0.2) is 46.2 Å². The quantitative estimate of drug-likeness (QED) is 0.0598. The highest BCUT2D eigenvalue weighted by Crippen LogP contribution is 2.39. The highest BCUT2D eigenvalue weighted by molar-refractivity contribution is 8.76. The molecule has 0 radical (unpaired) electrons. The fourth-order valence-electron chi connectivity index (χ4n) is 5.14. The Balaban J connectivity index is 1.36. The molecule has 0 aliphatic carbocycles. The molecule has 3 atom stereocenters. The number of hydrogen-bond acceptors (Lipinski definition) is 10. The predicted octanol–water partition coefficient (Wildman–Crippen LogP) is 7.36. The highest BCUT2D eigenvalue weighted by atomic mass is 33.1. The summed E-state index contributed by atoms with van der Waals surface area (Å²) in [7, 11) is 0.965. The van der Waals surface area contributed by atoms with E-state index in [4.69, 9.17) is 13.9 Å². The first-order chi connectivity index (χ1) is 23.2. The van der Waals surface area contributed by atoms with Gasteiger partial charge >= 0.3 is 5.69 Å². The van der Waals surface area contributed by atoms with E-state index in [1.165, 1.54) is 21.4 Å². The van der Waals surface area contributed by atoms with Crippen molar-refractivity contribution in [3.63, 3.8) is 0 Å². The molecule has 1 fully saturated rings. The average molecular weight is 723 g/mol. The van der Waals surface area contributed by atoms with Gasteiger partial charge in [-0.3, -0.25) is 24.0 Å².